The topological polar surface area (TPSA) is 69.1 Å². The highest BCUT2D eigenvalue weighted by molar-refractivity contribution is 7.16. The number of nitrogens with zero attached hydrogens (tertiary/aromatic N) is 4. The second kappa shape index (κ2) is 3.55. The first-order valence-electron chi connectivity index (χ1n) is 7.29. The number of fused-ring (bicyclic) bond motifs is 3. The molecule has 2 aromatic heterocycles. The van der Waals surface area contributed by atoms with E-state index < -0.39 is 0 Å². The molecular formula is C13H17N5S. The molecule has 4 atom stereocenters. The number of aromatic nitrogens is 4. The number of nitrogens with two attached hydrogens (primary N) is 1. The second-order valence-electron chi connectivity index (χ2n) is 6.40. The van der Waals surface area contributed by atoms with E-state index in [1.807, 2.05) is 4.52 Å². The molecule has 2 heterocycles. The molecule has 3 saturated carbocycles. The molecule has 0 spiro atoms. The van der Waals surface area contributed by atoms with E-state index in [1.165, 1.54) is 37.1 Å². The lowest BCUT2D eigenvalue weighted by Gasteiger charge is -2.25. The largest absolute Gasteiger partial charge is 0.327 e. The summed E-state index contributed by atoms with van der Waals surface area (Å²) in [5.41, 5.74) is 6.42. The molecule has 3 aliphatic carbocycles. The number of rotatable bonds is 2. The van der Waals surface area contributed by atoms with Crippen LogP contribution in [0.2, 0.25) is 0 Å². The molecule has 0 radical (unpaired) electrons. The summed E-state index contributed by atoms with van der Waals surface area (Å²) in [6.45, 7) is 0. The van der Waals surface area contributed by atoms with Crippen LogP contribution in [0.1, 0.15) is 54.8 Å². The minimum Gasteiger partial charge on any atom is -0.327 e. The Bertz CT molecular complexity index is 641. The average molecular weight is 275 g/mol. The van der Waals surface area contributed by atoms with Gasteiger partial charge in [-0.2, -0.15) is 9.61 Å². The van der Waals surface area contributed by atoms with Gasteiger partial charge in [-0.05, 0) is 43.9 Å². The summed E-state index contributed by atoms with van der Waals surface area (Å²) in [6.07, 6.45) is 6.43. The molecular weight excluding hydrogens is 258 g/mol. The maximum Gasteiger partial charge on any atom is 0.234 e. The third kappa shape index (κ3) is 1.41. The van der Waals surface area contributed by atoms with Gasteiger partial charge in [0.05, 0.1) is 0 Å². The Kier molecular flexibility index (Phi) is 2.01. The van der Waals surface area contributed by atoms with E-state index in [1.54, 1.807) is 11.3 Å². The normalized spacial score (nSPS) is 37.5. The van der Waals surface area contributed by atoms with E-state index >= 15 is 0 Å². The van der Waals surface area contributed by atoms with E-state index in [4.69, 9.17) is 10.8 Å². The summed E-state index contributed by atoms with van der Waals surface area (Å²) in [7, 11) is 0. The summed E-state index contributed by atoms with van der Waals surface area (Å²) in [5, 5.41) is 14.6. The lowest BCUT2D eigenvalue weighted by atomic mass is 9.85. The molecule has 5 rings (SSSR count). The van der Waals surface area contributed by atoms with Gasteiger partial charge < -0.3 is 5.73 Å². The molecule has 5 nitrogen and oxygen atoms in total. The van der Waals surface area contributed by atoms with Crippen LogP contribution in [0.25, 0.3) is 4.96 Å². The summed E-state index contributed by atoms with van der Waals surface area (Å²) >= 11 is 1.70. The van der Waals surface area contributed by atoms with Gasteiger partial charge in [0, 0.05) is 17.9 Å². The molecule has 100 valence electrons. The minimum absolute atomic E-state index is 0.312. The summed E-state index contributed by atoms with van der Waals surface area (Å²) in [5.74, 6) is 3.62. The molecule has 2 N–H and O–H groups in total. The molecule has 19 heavy (non-hydrogen) atoms. The van der Waals surface area contributed by atoms with Crippen molar-refractivity contribution in [2.45, 2.75) is 50.0 Å². The Labute approximate surface area is 115 Å². The first kappa shape index (κ1) is 10.7. The van der Waals surface area contributed by atoms with Gasteiger partial charge >= 0.3 is 0 Å². The lowest BCUT2D eigenvalue weighted by molar-refractivity contribution is 0.363. The third-order valence-corrected chi connectivity index (χ3v) is 6.24. The number of hydrogen-bond acceptors (Lipinski definition) is 5. The van der Waals surface area contributed by atoms with Crippen LogP contribution >= 0.6 is 11.3 Å². The molecule has 0 aliphatic heterocycles. The van der Waals surface area contributed by atoms with Crippen molar-refractivity contribution in [1.29, 1.82) is 0 Å². The van der Waals surface area contributed by atoms with Crippen molar-refractivity contribution in [1.82, 2.24) is 19.8 Å². The van der Waals surface area contributed by atoms with Crippen molar-refractivity contribution in [2.24, 2.45) is 17.6 Å². The zero-order chi connectivity index (χ0) is 12.6. The first-order chi connectivity index (χ1) is 9.31. The van der Waals surface area contributed by atoms with Gasteiger partial charge in [0.25, 0.3) is 0 Å². The average Bonchev–Trinajstić information content (AvgIpc) is 2.79. The van der Waals surface area contributed by atoms with Crippen LogP contribution < -0.4 is 5.73 Å². The van der Waals surface area contributed by atoms with Crippen LogP contribution in [-0.2, 0) is 0 Å². The zero-order valence-electron chi connectivity index (χ0n) is 10.7. The minimum atomic E-state index is 0.312. The Morgan fingerprint density at radius 3 is 2.68 bits per heavy atom. The van der Waals surface area contributed by atoms with Crippen LogP contribution in [0.4, 0.5) is 0 Å². The smallest absolute Gasteiger partial charge is 0.234 e. The Balaban J connectivity index is 1.58. The summed E-state index contributed by atoms with van der Waals surface area (Å²) in [6, 6.07) is 0.312. The highest BCUT2D eigenvalue weighted by Crippen LogP contribution is 2.52. The molecule has 0 amide bonds. The predicted octanol–water partition coefficient (Wildman–Crippen LogP) is 1.90. The Morgan fingerprint density at radius 2 is 1.95 bits per heavy atom. The van der Waals surface area contributed by atoms with Gasteiger partial charge in [-0.15, -0.1) is 10.2 Å². The van der Waals surface area contributed by atoms with Crippen LogP contribution in [-0.4, -0.2) is 25.9 Å². The molecule has 6 heteroatoms. The predicted molar refractivity (Wildman–Crippen MR) is 72.2 cm³/mol. The standard InChI is InChI=1S/C13H17N5S/c14-10-8-4-3-7(5-8)9(10)12-17-18-11(6-1-2-6)15-16-13(18)19-12/h6-10H,1-5,14H2. The van der Waals surface area contributed by atoms with Gasteiger partial charge in [-0.1, -0.05) is 11.3 Å². The zero-order valence-corrected chi connectivity index (χ0v) is 11.5. The van der Waals surface area contributed by atoms with E-state index in [2.05, 4.69) is 10.2 Å². The van der Waals surface area contributed by atoms with E-state index in [-0.39, 0.29) is 0 Å². The molecule has 2 aromatic rings. The van der Waals surface area contributed by atoms with Crippen molar-refractivity contribution >= 4 is 16.3 Å². The fourth-order valence-corrected chi connectivity index (χ4v) is 5.18. The van der Waals surface area contributed by atoms with Gasteiger partial charge in [-0.25, -0.2) is 0 Å². The van der Waals surface area contributed by atoms with E-state index in [0.29, 0.717) is 17.9 Å². The van der Waals surface area contributed by atoms with Gasteiger partial charge in [-0.3, -0.25) is 0 Å². The van der Waals surface area contributed by atoms with Gasteiger partial charge in [0.15, 0.2) is 5.82 Å². The second-order valence-corrected chi connectivity index (χ2v) is 7.39. The molecule has 4 unspecified atom stereocenters. The van der Waals surface area contributed by atoms with E-state index in [0.717, 1.165) is 22.6 Å². The molecule has 3 aliphatic rings. The molecule has 0 aromatic carbocycles. The van der Waals surface area contributed by atoms with Crippen molar-refractivity contribution in [3.05, 3.63) is 10.8 Å². The molecule has 3 fully saturated rings. The van der Waals surface area contributed by atoms with Crippen molar-refractivity contribution in [3.63, 3.8) is 0 Å². The van der Waals surface area contributed by atoms with Gasteiger partial charge in [0.1, 0.15) is 5.01 Å². The maximum atomic E-state index is 6.42. The molecule has 2 bridgehead atoms. The monoisotopic (exact) mass is 275 g/mol. The summed E-state index contributed by atoms with van der Waals surface area (Å²) < 4.78 is 1.98. The highest BCUT2D eigenvalue weighted by Gasteiger charge is 2.48. The number of hydrogen-bond donors (Lipinski definition) is 1. The third-order valence-electron chi connectivity index (χ3n) is 5.24. The van der Waals surface area contributed by atoms with Crippen LogP contribution in [0, 0.1) is 11.8 Å². The van der Waals surface area contributed by atoms with Crippen LogP contribution in [0.5, 0.6) is 0 Å². The summed E-state index contributed by atoms with van der Waals surface area (Å²) in [4.78, 5) is 0.951. The quantitative estimate of drug-likeness (QED) is 0.909. The first-order valence-corrected chi connectivity index (χ1v) is 8.10. The van der Waals surface area contributed by atoms with Gasteiger partial charge in [0.2, 0.25) is 4.96 Å². The van der Waals surface area contributed by atoms with Crippen molar-refractivity contribution in [3.8, 4) is 0 Å². The SMILES string of the molecule is NC1C2CCC(C2)C1c1nn2c(C3CC3)nnc2s1. The fourth-order valence-electron chi connectivity index (χ4n) is 4.08. The molecule has 0 saturated heterocycles. The van der Waals surface area contributed by atoms with Crippen molar-refractivity contribution < 1.29 is 0 Å². The van der Waals surface area contributed by atoms with E-state index in [9.17, 15) is 0 Å². The fraction of sp³-hybridized carbons (Fsp3) is 0.769. The Morgan fingerprint density at radius 1 is 1.11 bits per heavy atom. The highest BCUT2D eigenvalue weighted by atomic mass is 32.1. The Hall–Kier alpha value is -1.01. The maximum absolute atomic E-state index is 6.42. The van der Waals surface area contributed by atoms with Crippen LogP contribution in [0.3, 0.4) is 0 Å². The van der Waals surface area contributed by atoms with Crippen molar-refractivity contribution in [2.75, 3.05) is 0 Å². The van der Waals surface area contributed by atoms with Crippen LogP contribution in [0.15, 0.2) is 0 Å². The lowest BCUT2D eigenvalue weighted by Crippen LogP contribution is -2.34.